The van der Waals surface area contributed by atoms with Crippen LogP contribution in [0.3, 0.4) is 0 Å². The molecular formula is C25H23N5O2. The second-order valence-corrected chi connectivity index (χ2v) is 8.10. The fourth-order valence-electron chi connectivity index (χ4n) is 4.07. The fourth-order valence-corrected chi connectivity index (χ4v) is 4.07. The quantitative estimate of drug-likeness (QED) is 0.529. The van der Waals surface area contributed by atoms with Crippen molar-refractivity contribution in [1.82, 2.24) is 19.7 Å². The molecule has 2 aromatic heterocycles. The molecule has 1 aliphatic rings. The largest absolute Gasteiger partial charge is 0.338 e. The van der Waals surface area contributed by atoms with Gasteiger partial charge in [0.2, 0.25) is 11.8 Å². The Morgan fingerprint density at radius 1 is 1.06 bits per heavy atom. The van der Waals surface area contributed by atoms with Crippen LogP contribution in [0.25, 0.3) is 16.7 Å². The topological polar surface area (TPSA) is 80.1 Å². The summed E-state index contributed by atoms with van der Waals surface area (Å²) in [6, 6.07) is 23.3. The summed E-state index contributed by atoms with van der Waals surface area (Å²) in [7, 11) is 0. The molecule has 1 fully saturated rings. The first-order valence-electron chi connectivity index (χ1n) is 10.6. The number of fused-ring (bicyclic) bond motifs is 1. The van der Waals surface area contributed by atoms with E-state index in [1.54, 1.807) is 9.58 Å². The second-order valence-electron chi connectivity index (χ2n) is 8.10. The van der Waals surface area contributed by atoms with Crippen LogP contribution < -0.4 is 5.32 Å². The number of benzene rings is 2. The number of likely N-dealkylation sites (tertiary alicyclic amines) is 1. The minimum absolute atomic E-state index is 0.00473. The molecule has 5 rings (SSSR count). The molecule has 2 aromatic carbocycles. The lowest BCUT2D eigenvalue weighted by molar-refractivity contribution is -0.128. The van der Waals surface area contributed by atoms with E-state index in [-0.39, 0.29) is 18.2 Å². The molecule has 1 atom stereocenters. The molecule has 0 radical (unpaired) electrons. The molecule has 2 amide bonds. The molecule has 1 saturated heterocycles. The zero-order valence-corrected chi connectivity index (χ0v) is 17.7. The van der Waals surface area contributed by atoms with E-state index in [4.69, 9.17) is 0 Å². The van der Waals surface area contributed by atoms with E-state index in [9.17, 15) is 9.59 Å². The third kappa shape index (κ3) is 3.97. The Labute approximate surface area is 185 Å². The van der Waals surface area contributed by atoms with Crippen LogP contribution in [-0.2, 0) is 16.1 Å². The van der Waals surface area contributed by atoms with Gasteiger partial charge in [0.05, 0.1) is 17.1 Å². The molecule has 32 heavy (non-hydrogen) atoms. The highest BCUT2D eigenvalue weighted by Gasteiger charge is 2.34. The number of rotatable bonds is 5. The number of pyridine rings is 1. The van der Waals surface area contributed by atoms with Crippen LogP contribution in [0, 0.1) is 12.8 Å². The highest BCUT2D eigenvalue weighted by atomic mass is 16.2. The van der Waals surface area contributed by atoms with Crippen molar-refractivity contribution < 1.29 is 9.59 Å². The van der Waals surface area contributed by atoms with E-state index in [0.29, 0.717) is 24.7 Å². The van der Waals surface area contributed by atoms with Gasteiger partial charge in [0.25, 0.3) is 0 Å². The molecule has 0 saturated carbocycles. The molecule has 3 heterocycles. The molecule has 0 aliphatic carbocycles. The average molecular weight is 425 g/mol. The number of hydrogen-bond acceptors (Lipinski definition) is 4. The predicted octanol–water partition coefficient (Wildman–Crippen LogP) is 3.72. The first kappa shape index (κ1) is 19.9. The number of amides is 2. The second kappa shape index (κ2) is 8.26. The van der Waals surface area contributed by atoms with E-state index in [0.717, 1.165) is 22.2 Å². The number of nitrogens with zero attached hydrogens (tertiary/aromatic N) is 4. The van der Waals surface area contributed by atoms with Gasteiger partial charge in [0.1, 0.15) is 5.82 Å². The van der Waals surface area contributed by atoms with Crippen LogP contribution in [-0.4, -0.2) is 38.0 Å². The van der Waals surface area contributed by atoms with Crippen LogP contribution in [0.2, 0.25) is 0 Å². The number of para-hydroxylation sites is 1. The molecule has 7 nitrogen and oxygen atoms in total. The van der Waals surface area contributed by atoms with Crippen molar-refractivity contribution in [2.24, 2.45) is 5.92 Å². The summed E-state index contributed by atoms with van der Waals surface area (Å²) in [4.78, 5) is 31.9. The summed E-state index contributed by atoms with van der Waals surface area (Å²) in [5, 5.41) is 8.52. The van der Waals surface area contributed by atoms with Crippen molar-refractivity contribution in [3.63, 3.8) is 0 Å². The molecule has 1 aliphatic heterocycles. The monoisotopic (exact) mass is 425 g/mol. The molecule has 7 heteroatoms. The van der Waals surface area contributed by atoms with Gasteiger partial charge in [0.15, 0.2) is 5.82 Å². The molecule has 0 bridgehead atoms. The standard InChI is InChI=1S/C25H23N5O2/c1-17-13-23(30(28-17)22-12-11-19-9-5-6-10-21(19)26-22)27-25(32)20-14-24(31)29(16-20)15-18-7-3-2-4-8-18/h2-13,20H,14-16H2,1H3,(H,27,32). The average Bonchev–Trinajstić information content (AvgIpc) is 3.36. The maximum absolute atomic E-state index is 13.0. The number of aromatic nitrogens is 3. The lowest BCUT2D eigenvalue weighted by Gasteiger charge is -2.17. The third-order valence-corrected chi connectivity index (χ3v) is 5.69. The van der Waals surface area contributed by atoms with Gasteiger partial charge in [-0.05, 0) is 30.7 Å². The number of hydrogen-bond donors (Lipinski definition) is 1. The number of carbonyl (C=O) groups is 2. The molecular weight excluding hydrogens is 402 g/mol. The van der Waals surface area contributed by atoms with Gasteiger partial charge >= 0.3 is 0 Å². The first-order valence-corrected chi connectivity index (χ1v) is 10.6. The van der Waals surface area contributed by atoms with Crippen molar-refractivity contribution in [1.29, 1.82) is 0 Å². The number of nitrogens with one attached hydrogen (secondary N) is 1. The van der Waals surface area contributed by atoms with Gasteiger partial charge in [-0.2, -0.15) is 9.78 Å². The Balaban J connectivity index is 1.33. The normalized spacial score (nSPS) is 16.0. The summed E-state index contributed by atoms with van der Waals surface area (Å²) in [6.07, 6.45) is 0.208. The maximum atomic E-state index is 13.0. The van der Waals surface area contributed by atoms with E-state index in [2.05, 4.69) is 15.4 Å². The Kier molecular flexibility index (Phi) is 5.15. The van der Waals surface area contributed by atoms with Crippen LogP contribution in [0.1, 0.15) is 17.7 Å². The minimum atomic E-state index is -0.403. The molecule has 1 unspecified atom stereocenters. The summed E-state index contributed by atoms with van der Waals surface area (Å²) in [5.74, 6) is 0.578. The fraction of sp³-hybridized carbons (Fsp3) is 0.200. The van der Waals surface area contributed by atoms with Gasteiger partial charge < -0.3 is 10.2 Å². The van der Waals surface area contributed by atoms with Gasteiger partial charge in [0, 0.05) is 31.0 Å². The predicted molar refractivity (Wildman–Crippen MR) is 122 cm³/mol. The van der Waals surface area contributed by atoms with Crippen LogP contribution >= 0.6 is 0 Å². The summed E-state index contributed by atoms with van der Waals surface area (Å²) >= 11 is 0. The van der Waals surface area contributed by atoms with E-state index in [1.165, 1.54) is 0 Å². The number of anilines is 1. The first-order chi connectivity index (χ1) is 15.6. The Morgan fingerprint density at radius 2 is 1.84 bits per heavy atom. The number of carbonyl (C=O) groups excluding carboxylic acids is 2. The van der Waals surface area contributed by atoms with Crippen molar-refractivity contribution in [2.45, 2.75) is 19.9 Å². The highest BCUT2D eigenvalue weighted by molar-refractivity contribution is 5.97. The SMILES string of the molecule is Cc1cc(NC(=O)C2CC(=O)N(Cc3ccccc3)C2)n(-c2ccc3ccccc3n2)n1. The van der Waals surface area contributed by atoms with E-state index in [1.807, 2.05) is 79.7 Å². The Hall–Kier alpha value is -4.00. The van der Waals surface area contributed by atoms with Gasteiger partial charge in [-0.1, -0.05) is 48.5 Å². The van der Waals surface area contributed by atoms with Gasteiger partial charge in [-0.15, -0.1) is 0 Å². The zero-order chi connectivity index (χ0) is 22.1. The third-order valence-electron chi connectivity index (χ3n) is 5.69. The summed E-state index contributed by atoms with van der Waals surface area (Å²) in [6.45, 7) is 2.79. The van der Waals surface area contributed by atoms with Gasteiger partial charge in [-0.3, -0.25) is 9.59 Å². The van der Waals surface area contributed by atoms with Crippen molar-refractivity contribution in [3.05, 3.63) is 84.1 Å². The van der Waals surface area contributed by atoms with E-state index < -0.39 is 5.92 Å². The smallest absolute Gasteiger partial charge is 0.230 e. The van der Waals surface area contributed by atoms with E-state index >= 15 is 0 Å². The molecule has 0 spiro atoms. The number of aryl methyl sites for hydroxylation is 1. The zero-order valence-electron chi connectivity index (χ0n) is 17.7. The Bertz CT molecular complexity index is 1300. The van der Waals surface area contributed by atoms with Crippen molar-refractivity contribution >= 4 is 28.5 Å². The van der Waals surface area contributed by atoms with Crippen LogP contribution in [0.5, 0.6) is 0 Å². The maximum Gasteiger partial charge on any atom is 0.230 e. The van der Waals surface area contributed by atoms with Gasteiger partial charge in [-0.25, -0.2) is 4.98 Å². The van der Waals surface area contributed by atoms with Crippen LogP contribution in [0.15, 0.2) is 72.8 Å². The summed E-state index contributed by atoms with van der Waals surface area (Å²) < 4.78 is 1.64. The van der Waals surface area contributed by atoms with Crippen molar-refractivity contribution in [3.8, 4) is 5.82 Å². The minimum Gasteiger partial charge on any atom is -0.338 e. The highest BCUT2D eigenvalue weighted by Crippen LogP contribution is 2.24. The lowest BCUT2D eigenvalue weighted by Crippen LogP contribution is -2.28. The molecule has 1 N–H and O–H groups in total. The molecule has 160 valence electrons. The molecule has 4 aromatic rings. The Morgan fingerprint density at radius 3 is 2.69 bits per heavy atom. The van der Waals surface area contributed by atoms with Crippen LogP contribution in [0.4, 0.5) is 5.82 Å². The van der Waals surface area contributed by atoms with Crippen molar-refractivity contribution in [2.75, 3.05) is 11.9 Å². The summed E-state index contributed by atoms with van der Waals surface area (Å²) in [5.41, 5.74) is 2.68. The lowest BCUT2D eigenvalue weighted by atomic mass is 10.1.